The van der Waals surface area contributed by atoms with Gasteiger partial charge in [-0.25, -0.2) is 0 Å². The Balaban J connectivity index is 1.99. The molecule has 1 radical (unpaired) electrons. The summed E-state index contributed by atoms with van der Waals surface area (Å²) in [6, 6.07) is 0. The Hall–Kier alpha value is 0. The standard InChI is InChI=1S/C7H11/c1-2-6-4-7(3-1)5-6/h6H,1-5H2. The van der Waals surface area contributed by atoms with Gasteiger partial charge in [0.25, 0.3) is 0 Å². The number of hydrogen-bond acceptors (Lipinski definition) is 0. The molecule has 3 aliphatic rings. The highest BCUT2D eigenvalue weighted by Gasteiger charge is 2.32. The van der Waals surface area contributed by atoms with E-state index in [-0.39, 0.29) is 0 Å². The van der Waals surface area contributed by atoms with Crippen molar-refractivity contribution in [2.75, 3.05) is 0 Å². The summed E-state index contributed by atoms with van der Waals surface area (Å²) < 4.78 is 0. The second-order valence-electron chi connectivity index (χ2n) is 2.92. The van der Waals surface area contributed by atoms with Crippen LogP contribution in [0.25, 0.3) is 0 Å². The third-order valence-electron chi connectivity index (χ3n) is 2.30. The molecule has 3 aliphatic carbocycles. The van der Waals surface area contributed by atoms with Crippen molar-refractivity contribution in [3.63, 3.8) is 0 Å². The molecule has 2 bridgehead atoms. The van der Waals surface area contributed by atoms with Gasteiger partial charge in [0, 0.05) is 0 Å². The van der Waals surface area contributed by atoms with Gasteiger partial charge >= 0.3 is 0 Å². The van der Waals surface area contributed by atoms with Gasteiger partial charge in [0.05, 0.1) is 0 Å². The zero-order chi connectivity index (χ0) is 4.69. The third-order valence-corrected chi connectivity index (χ3v) is 2.30. The number of rotatable bonds is 0. The Bertz CT molecular complexity index is 56.6. The summed E-state index contributed by atoms with van der Waals surface area (Å²) in [7, 11) is 0. The van der Waals surface area contributed by atoms with Gasteiger partial charge in [0.1, 0.15) is 0 Å². The second-order valence-corrected chi connectivity index (χ2v) is 2.92. The van der Waals surface area contributed by atoms with Crippen LogP contribution in [0, 0.1) is 11.8 Å². The van der Waals surface area contributed by atoms with Crippen molar-refractivity contribution in [3.05, 3.63) is 5.92 Å². The fraction of sp³-hybridized carbons (Fsp3) is 0.857. The van der Waals surface area contributed by atoms with Crippen molar-refractivity contribution >= 4 is 0 Å². The Morgan fingerprint density at radius 1 is 1.29 bits per heavy atom. The van der Waals surface area contributed by atoms with Crippen LogP contribution in [0.3, 0.4) is 0 Å². The van der Waals surface area contributed by atoms with Crippen LogP contribution in [0.1, 0.15) is 32.1 Å². The first-order valence-corrected chi connectivity index (χ1v) is 3.29. The highest BCUT2D eigenvalue weighted by atomic mass is 14.4. The van der Waals surface area contributed by atoms with Crippen LogP contribution in [0.5, 0.6) is 0 Å². The largest absolute Gasteiger partial charge is 0.0525 e. The minimum atomic E-state index is 1.14. The van der Waals surface area contributed by atoms with E-state index < -0.39 is 0 Å². The zero-order valence-corrected chi connectivity index (χ0v) is 4.61. The molecule has 0 aliphatic heterocycles. The number of hydrogen-bond donors (Lipinski definition) is 0. The first-order valence-electron chi connectivity index (χ1n) is 3.29. The summed E-state index contributed by atoms with van der Waals surface area (Å²) in [5, 5.41) is 0. The predicted molar refractivity (Wildman–Crippen MR) is 29.8 cm³/mol. The SMILES string of the molecule is C1C[C]2CC(C1)C2. The molecule has 0 unspecified atom stereocenters. The highest BCUT2D eigenvalue weighted by Crippen LogP contribution is 2.46. The lowest BCUT2D eigenvalue weighted by molar-refractivity contribution is 0.253. The van der Waals surface area contributed by atoms with Crippen LogP contribution in [-0.2, 0) is 0 Å². The molecule has 0 spiro atoms. The Morgan fingerprint density at radius 3 is 2.29 bits per heavy atom. The van der Waals surface area contributed by atoms with E-state index in [1.807, 2.05) is 5.92 Å². The Morgan fingerprint density at radius 2 is 2.14 bits per heavy atom. The molecule has 0 atom stereocenters. The van der Waals surface area contributed by atoms with E-state index in [9.17, 15) is 0 Å². The monoisotopic (exact) mass is 95.1 g/mol. The lowest BCUT2D eigenvalue weighted by atomic mass is 9.65. The minimum Gasteiger partial charge on any atom is -0.0525 e. The molecule has 3 fully saturated rings. The highest BCUT2D eigenvalue weighted by molar-refractivity contribution is 5.06. The maximum Gasteiger partial charge on any atom is -0.0235 e. The van der Waals surface area contributed by atoms with Crippen molar-refractivity contribution in [1.82, 2.24) is 0 Å². The lowest BCUT2D eigenvalue weighted by Gasteiger charge is -2.40. The Labute approximate surface area is 44.9 Å². The van der Waals surface area contributed by atoms with Gasteiger partial charge in [-0.05, 0) is 31.1 Å². The first-order chi connectivity index (χ1) is 3.45. The molecular formula is C7H11. The van der Waals surface area contributed by atoms with Gasteiger partial charge in [0.15, 0.2) is 0 Å². The fourth-order valence-corrected chi connectivity index (χ4v) is 1.81. The molecule has 0 aromatic carbocycles. The van der Waals surface area contributed by atoms with E-state index in [0.717, 1.165) is 5.92 Å². The van der Waals surface area contributed by atoms with E-state index in [4.69, 9.17) is 0 Å². The lowest BCUT2D eigenvalue weighted by Crippen LogP contribution is -2.26. The van der Waals surface area contributed by atoms with Gasteiger partial charge in [0.2, 0.25) is 0 Å². The molecule has 3 rings (SSSR count). The average molecular weight is 95.2 g/mol. The van der Waals surface area contributed by atoms with Gasteiger partial charge in [-0.2, -0.15) is 0 Å². The van der Waals surface area contributed by atoms with E-state index in [1.54, 1.807) is 0 Å². The average Bonchev–Trinajstić information content (AvgIpc) is 1.67. The molecular weight excluding hydrogens is 84.1 g/mol. The molecule has 0 nitrogen and oxygen atoms in total. The smallest absolute Gasteiger partial charge is 0.0235 e. The van der Waals surface area contributed by atoms with E-state index in [1.165, 1.54) is 32.1 Å². The quantitative estimate of drug-likeness (QED) is 0.432. The van der Waals surface area contributed by atoms with Crippen molar-refractivity contribution in [3.8, 4) is 0 Å². The fourth-order valence-electron chi connectivity index (χ4n) is 1.81. The van der Waals surface area contributed by atoms with Crippen LogP contribution in [0.15, 0.2) is 0 Å². The van der Waals surface area contributed by atoms with Gasteiger partial charge in [-0.3, -0.25) is 0 Å². The molecule has 39 valence electrons. The van der Waals surface area contributed by atoms with Crippen molar-refractivity contribution in [1.29, 1.82) is 0 Å². The third kappa shape index (κ3) is 0.490. The molecule has 0 aromatic heterocycles. The van der Waals surface area contributed by atoms with Gasteiger partial charge in [-0.15, -0.1) is 0 Å². The van der Waals surface area contributed by atoms with Gasteiger partial charge < -0.3 is 0 Å². The molecule has 0 heteroatoms. The van der Waals surface area contributed by atoms with Crippen molar-refractivity contribution < 1.29 is 0 Å². The first kappa shape index (κ1) is 3.94. The summed E-state index contributed by atoms with van der Waals surface area (Å²) in [6.45, 7) is 0. The minimum absolute atomic E-state index is 1.14. The predicted octanol–water partition coefficient (Wildman–Crippen LogP) is 2.15. The van der Waals surface area contributed by atoms with Crippen LogP contribution in [0.4, 0.5) is 0 Å². The summed E-state index contributed by atoms with van der Waals surface area (Å²) in [4.78, 5) is 0. The van der Waals surface area contributed by atoms with E-state index in [2.05, 4.69) is 0 Å². The Kier molecular flexibility index (Phi) is 0.697. The van der Waals surface area contributed by atoms with Crippen molar-refractivity contribution in [2.24, 2.45) is 5.92 Å². The summed E-state index contributed by atoms with van der Waals surface area (Å²) in [5.41, 5.74) is 0. The number of fused-ring (bicyclic) bond motifs is 2. The maximum atomic E-state index is 1.86. The second kappa shape index (κ2) is 1.24. The van der Waals surface area contributed by atoms with E-state index in [0.29, 0.717) is 0 Å². The summed E-state index contributed by atoms with van der Waals surface area (Å²) in [6.07, 6.45) is 7.50. The van der Waals surface area contributed by atoms with Gasteiger partial charge in [-0.1, -0.05) is 12.8 Å². The van der Waals surface area contributed by atoms with Crippen molar-refractivity contribution in [2.45, 2.75) is 32.1 Å². The van der Waals surface area contributed by atoms with E-state index >= 15 is 0 Å². The topological polar surface area (TPSA) is 0 Å². The van der Waals surface area contributed by atoms with Crippen LogP contribution in [-0.4, -0.2) is 0 Å². The molecule has 3 saturated carbocycles. The molecule has 0 N–H and O–H groups in total. The summed E-state index contributed by atoms with van der Waals surface area (Å²) in [5.74, 6) is 3.00. The normalized spacial score (nSPS) is 32.6. The van der Waals surface area contributed by atoms with Crippen LogP contribution in [0.2, 0.25) is 0 Å². The molecule has 0 heterocycles. The van der Waals surface area contributed by atoms with Crippen LogP contribution < -0.4 is 0 Å². The summed E-state index contributed by atoms with van der Waals surface area (Å²) >= 11 is 0. The molecule has 0 aromatic rings. The molecule has 0 amide bonds. The molecule has 7 heavy (non-hydrogen) atoms. The van der Waals surface area contributed by atoms with Crippen LogP contribution >= 0.6 is 0 Å². The maximum absolute atomic E-state index is 1.86. The molecule has 0 saturated heterocycles. The zero-order valence-electron chi connectivity index (χ0n) is 4.61.